The van der Waals surface area contributed by atoms with Crippen LogP contribution in [0.15, 0.2) is 23.0 Å². The summed E-state index contributed by atoms with van der Waals surface area (Å²) in [5.74, 6) is 2.57. The van der Waals surface area contributed by atoms with E-state index < -0.39 is 0 Å². The van der Waals surface area contributed by atoms with Crippen LogP contribution in [0.3, 0.4) is 0 Å². The van der Waals surface area contributed by atoms with Crippen LogP contribution in [0.1, 0.15) is 70.9 Å². The number of carbonyl (C=O) groups excluding carboxylic acids is 1. The zero-order valence-electron chi connectivity index (χ0n) is 21.4. The minimum atomic E-state index is -0.0366. The maximum absolute atomic E-state index is 12.6. The molecule has 0 radical (unpaired) electrons. The fraction of sp³-hybridized carbons (Fsp3) is 0.778. The summed E-state index contributed by atoms with van der Waals surface area (Å²) >= 11 is 0. The number of nitrogens with zero attached hydrogens (tertiary/aromatic N) is 5. The predicted octanol–water partition coefficient (Wildman–Crippen LogP) is 4.29. The predicted molar refractivity (Wildman–Crippen MR) is 132 cm³/mol. The number of likely N-dealkylation sites (N-methyl/N-ethyl adjacent to an activating group) is 1. The summed E-state index contributed by atoms with van der Waals surface area (Å²) < 4.78 is 1.84. The maximum atomic E-state index is 12.6. The van der Waals surface area contributed by atoms with Crippen LogP contribution in [0.2, 0.25) is 0 Å². The molecule has 0 aliphatic heterocycles. The molecule has 3 saturated carbocycles. The number of rotatable bonds is 7. The minimum Gasteiger partial charge on any atom is -0.394 e. The van der Waals surface area contributed by atoms with E-state index in [0.29, 0.717) is 36.7 Å². The number of hydrogen-bond acceptors (Lipinski definition) is 6. The van der Waals surface area contributed by atoms with Crippen molar-refractivity contribution in [3.8, 4) is 0 Å². The van der Waals surface area contributed by atoms with Crippen molar-refractivity contribution in [1.82, 2.24) is 19.9 Å². The quantitative estimate of drug-likeness (QED) is 0.442. The molecule has 5 rings (SSSR count). The van der Waals surface area contributed by atoms with E-state index in [1.54, 1.807) is 5.57 Å². The highest BCUT2D eigenvalue weighted by molar-refractivity contribution is 5.96. The lowest BCUT2D eigenvalue weighted by Gasteiger charge is -2.57. The van der Waals surface area contributed by atoms with Crippen molar-refractivity contribution in [2.24, 2.45) is 33.7 Å². The molecule has 186 valence electrons. The Kier molecular flexibility index (Phi) is 6.42. The molecule has 0 amide bonds. The number of allylic oxidation sites excluding steroid dienone is 2. The smallest absolute Gasteiger partial charge is 0.139 e. The number of aromatic nitrogens is 3. The van der Waals surface area contributed by atoms with Gasteiger partial charge in [0.2, 0.25) is 0 Å². The Morgan fingerprint density at radius 2 is 1.94 bits per heavy atom. The molecule has 7 heteroatoms. The summed E-state index contributed by atoms with van der Waals surface area (Å²) in [6.07, 6.45) is 14.0. The van der Waals surface area contributed by atoms with Crippen LogP contribution < -0.4 is 0 Å². The molecule has 0 N–H and O–H groups in total. The molecule has 3 unspecified atom stereocenters. The van der Waals surface area contributed by atoms with Gasteiger partial charge in [0.05, 0.1) is 18.0 Å². The standard InChI is InChI=1S/C27H41N5O2/c1-26-12-9-20(29-34-16-15-32-18-21(28-30-32)11-14-31(3)4)17-19(26)5-6-22-23-7-8-25(33)27(23,2)13-10-24(22)26/h17-18,22-24H,5-16H2,1-4H3/b29-20-/t22?,23?,24?,26-,27-/m0/s1. The summed E-state index contributed by atoms with van der Waals surface area (Å²) in [7, 11) is 4.13. The molecule has 7 nitrogen and oxygen atoms in total. The molecule has 1 aromatic rings. The van der Waals surface area contributed by atoms with Crippen LogP contribution in [-0.4, -0.2) is 58.6 Å². The van der Waals surface area contributed by atoms with E-state index in [1.165, 1.54) is 12.8 Å². The van der Waals surface area contributed by atoms with Crippen molar-refractivity contribution >= 4 is 11.5 Å². The Morgan fingerprint density at radius 1 is 1.12 bits per heavy atom. The zero-order valence-corrected chi connectivity index (χ0v) is 21.4. The van der Waals surface area contributed by atoms with Gasteiger partial charge in [-0.05, 0) is 88.3 Å². The molecule has 34 heavy (non-hydrogen) atoms. The molecule has 4 aliphatic rings. The van der Waals surface area contributed by atoms with Gasteiger partial charge in [0, 0.05) is 31.0 Å². The first-order valence-electron chi connectivity index (χ1n) is 13.3. The van der Waals surface area contributed by atoms with E-state index in [2.05, 4.69) is 54.4 Å². The molecule has 0 aromatic carbocycles. The van der Waals surface area contributed by atoms with Crippen LogP contribution in [0.4, 0.5) is 0 Å². The molecular formula is C27H41N5O2. The number of carbonyl (C=O) groups is 1. The van der Waals surface area contributed by atoms with E-state index in [9.17, 15) is 4.79 Å². The molecule has 1 heterocycles. The van der Waals surface area contributed by atoms with Crippen molar-refractivity contribution in [3.63, 3.8) is 0 Å². The van der Waals surface area contributed by atoms with E-state index in [0.717, 1.165) is 62.9 Å². The van der Waals surface area contributed by atoms with Crippen LogP contribution in [0.5, 0.6) is 0 Å². The first-order chi connectivity index (χ1) is 16.3. The lowest BCUT2D eigenvalue weighted by atomic mass is 9.47. The highest BCUT2D eigenvalue weighted by Crippen LogP contribution is 2.64. The van der Waals surface area contributed by atoms with Crippen molar-refractivity contribution < 1.29 is 9.63 Å². The number of ketones is 1. The number of fused-ring (bicyclic) bond motifs is 5. The summed E-state index contributed by atoms with van der Waals surface area (Å²) in [5.41, 5.74) is 3.88. The lowest BCUT2D eigenvalue weighted by molar-refractivity contribution is -0.132. The molecule has 3 fully saturated rings. The number of oxime groups is 1. The molecular weight excluding hydrogens is 426 g/mol. The molecule has 0 saturated heterocycles. The number of hydrogen-bond donors (Lipinski definition) is 0. The van der Waals surface area contributed by atoms with Crippen molar-refractivity contribution in [1.29, 1.82) is 0 Å². The summed E-state index contributed by atoms with van der Waals surface area (Å²) in [6.45, 7) is 6.88. The van der Waals surface area contributed by atoms with E-state index >= 15 is 0 Å². The van der Waals surface area contributed by atoms with Gasteiger partial charge in [-0.2, -0.15) is 0 Å². The average molecular weight is 468 g/mol. The fourth-order valence-electron chi connectivity index (χ4n) is 7.58. The normalized spacial score (nSPS) is 36.3. The fourth-order valence-corrected chi connectivity index (χ4v) is 7.58. The first-order valence-corrected chi connectivity index (χ1v) is 13.3. The second-order valence-electron chi connectivity index (χ2n) is 11.9. The van der Waals surface area contributed by atoms with Crippen molar-refractivity contribution in [2.75, 3.05) is 27.2 Å². The summed E-state index contributed by atoms with van der Waals surface area (Å²) in [5, 5.41) is 12.9. The van der Waals surface area contributed by atoms with Crippen LogP contribution in [0, 0.1) is 28.6 Å². The largest absolute Gasteiger partial charge is 0.394 e. The van der Waals surface area contributed by atoms with Crippen molar-refractivity contribution in [2.45, 2.75) is 78.2 Å². The SMILES string of the molecule is CN(C)CCc1cn(CCO/N=C2\C=C3CCC4C(CC[C@]5(C)C(=O)CCC45)[C@@]3(C)CC2)nn1. The van der Waals surface area contributed by atoms with Gasteiger partial charge in [-0.15, -0.1) is 5.10 Å². The highest BCUT2D eigenvalue weighted by atomic mass is 16.6. The maximum Gasteiger partial charge on any atom is 0.139 e. The second kappa shape index (κ2) is 9.21. The van der Waals surface area contributed by atoms with Gasteiger partial charge in [0.25, 0.3) is 0 Å². The van der Waals surface area contributed by atoms with Gasteiger partial charge in [0.1, 0.15) is 12.4 Å². The Hall–Kier alpha value is -2.02. The topological polar surface area (TPSA) is 72.6 Å². The summed E-state index contributed by atoms with van der Waals surface area (Å²) in [4.78, 5) is 20.5. The Bertz CT molecular complexity index is 981. The monoisotopic (exact) mass is 467 g/mol. The number of Topliss-reactive ketones (excluding diaryl/α,β-unsaturated/α-hetero) is 1. The van der Waals surface area contributed by atoms with Gasteiger partial charge < -0.3 is 9.74 Å². The third kappa shape index (κ3) is 4.25. The third-order valence-electron chi connectivity index (χ3n) is 9.68. The van der Waals surface area contributed by atoms with Gasteiger partial charge in [-0.1, -0.05) is 29.8 Å². The zero-order chi connectivity index (χ0) is 23.9. The lowest BCUT2D eigenvalue weighted by Crippen LogP contribution is -2.50. The second-order valence-corrected chi connectivity index (χ2v) is 11.9. The third-order valence-corrected chi connectivity index (χ3v) is 9.68. The van der Waals surface area contributed by atoms with Gasteiger partial charge in [-0.3, -0.25) is 4.79 Å². The Morgan fingerprint density at radius 3 is 2.76 bits per heavy atom. The van der Waals surface area contributed by atoms with Gasteiger partial charge >= 0.3 is 0 Å². The van der Waals surface area contributed by atoms with E-state index in [4.69, 9.17) is 4.84 Å². The Labute approximate surface area is 204 Å². The van der Waals surface area contributed by atoms with E-state index in [-0.39, 0.29) is 10.8 Å². The van der Waals surface area contributed by atoms with Crippen molar-refractivity contribution in [3.05, 3.63) is 23.5 Å². The molecule has 5 atom stereocenters. The molecule has 0 bridgehead atoms. The van der Waals surface area contributed by atoms with Crippen LogP contribution >= 0.6 is 0 Å². The first kappa shape index (κ1) is 23.7. The molecule has 1 aromatic heterocycles. The summed E-state index contributed by atoms with van der Waals surface area (Å²) in [6, 6.07) is 0. The van der Waals surface area contributed by atoms with Crippen LogP contribution in [-0.2, 0) is 22.6 Å². The van der Waals surface area contributed by atoms with Crippen LogP contribution in [0.25, 0.3) is 0 Å². The molecule has 0 spiro atoms. The average Bonchev–Trinajstić information content (AvgIpc) is 3.39. The van der Waals surface area contributed by atoms with Gasteiger partial charge in [-0.25, -0.2) is 4.68 Å². The highest BCUT2D eigenvalue weighted by Gasteiger charge is 2.58. The van der Waals surface area contributed by atoms with E-state index in [1.807, 2.05) is 10.9 Å². The molecule has 4 aliphatic carbocycles. The van der Waals surface area contributed by atoms with Gasteiger partial charge in [0.15, 0.2) is 0 Å². The minimum absolute atomic E-state index is 0.0366. The Balaban J connectivity index is 1.18.